The first kappa shape index (κ1) is 13.7. The number of rotatable bonds is 2. The van der Waals surface area contributed by atoms with Crippen molar-refractivity contribution in [3.8, 4) is 0 Å². The number of nitrogen functional groups attached to an aromatic ring is 2. The van der Waals surface area contributed by atoms with Gasteiger partial charge in [-0.25, -0.2) is 4.79 Å². The van der Waals surface area contributed by atoms with Crippen LogP contribution in [0.3, 0.4) is 0 Å². The number of ether oxygens (including phenoxy) is 1. The molecule has 1 aliphatic carbocycles. The first-order valence-electron chi connectivity index (χ1n) is 6.83. The highest BCUT2D eigenvalue weighted by Crippen LogP contribution is 2.31. The molecule has 1 fully saturated rings. The Kier molecular flexibility index (Phi) is 3.98. The lowest BCUT2D eigenvalue weighted by molar-refractivity contribution is 0.00890. The molecule has 0 saturated heterocycles. The predicted molar refractivity (Wildman–Crippen MR) is 76.6 cm³/mol. The first-order valence-corrected chi connectivity index (χ1v) is 6.83. The third kappa shape index (κ3) is 3.19. The average Bonchev–Trinajstić information content (AvgIpc) is 2.33. The zero-order valence-electron chi connectivity index (χ0n) is 11.6. The smallest absolute Gasteiger partial charge is 0.340 e. The van der Waals surface area contributed by atoms with Crippen molar-refractivity contribution in [3.05, 3.63) is 23.8 Å². The molecule has 0 amide bonds. The van der Waals surface area contributed by atoms with Gasteiger partial charge in [-0.2, -0.15) is 0 Å². The van der Waals surface area contributed by atoms with Gasteiger partial charge in [0.1, 0.15) is 6.10 Å². The molecule has 104 valence electrons. The summed E-state index contributed by atoms with van der Waals surface area (Å²) in [4.78, 5) is 12.1. The Morgan fingerprint density at radius 3 is 2.58 bits per heavy atom. The summed E-state index contributed by atoms with van der Waals surface area (Å²) in [6.07, 6.45) is 2.99. The van der Waals surface area contributed by atoms with Crippen LogP contribution >= 0.6 is 0 Å². The first-order chi connectivity index (χ1) is 8.97. The van der Waals surface area contributed by atoms with E-state index in [0.717, 1.165) is 19.3 Å². The van der Waals surface area contributed by atoms with Gasteiger partial charge in [0.2, 0.25) is 0 Å². The fraction of sp³-hybridized carbons (Fsp3) is 0.533. The number of hydrogen-bond acceptors (Lipinski definition) is 4. The van der Waals surface area contributed by atoms with Gasteiger partial charge in [0.25, 0.3) is 0 Å². The Bertz CT molecular complexity index is 473. The van der Waals surface area contributed by atoms with E-state index >= 15 is 0 Å². The minimum Gasteiger partial charge on any atom is -0.459 e. The third-order valence-electron chi connectivity index (χ3n) is 4.12. The van der Waals surface area contributed by atoms with Gasteiger partial charge in [-0.3, -0.25) is 0 Å². The molecule has 2 rings (SSSR count). The summed E-state index contributed by atoms with van der Waals surface area (Å²) in [6, 6.07) is 4.88. The number of anilines is 2. The van der Waals surface area contributed by atoms with Crippen molar-refractivity contribution in [2.45, 2.75) is 39.2 Å². The summed E-state index contributed by atoms with van der Waals surface area (Å²) in [5, 5.41) is 0. The van der Waals surface area contributed by atoms with Gasteiger partial charge >= 0.3 is 5.97 Å². The van der Waals surface area contributed by atoms with Crippen molar-refractivity contribution in [2.24, 2.45) is 11.8 Å². The van der Waals surface area contributed by atoms with Gasteiger partial charge in [0, 0.05) is 11.4 Å². The topological polar surface area (TPSA) is 78.3 Å². The van der Waals surface area contributed by atoms with Gasteiger partial charge in [0.15, 0.2) is 0 Å². The zero-order chi connectivity index (χ0) is 14.0. The summed E-state index contributed by atoms with van der Waals surface area (Å²) in [5.74, 6) is 0.955. The Balaban J connectivity index is 2.01. The molecule has 3 atom stereocenters. The number of carbonyl (C=O) groups is 1. The zero-order valence-corrected chi connectivity index (χ0v) is 11.6. The van der Waals surface area contributed by atoms with Crippen LogP contribution in [0.15, 0.2) is 18.2 Å². The predicted octanol–water partition coefficient (Wildman–Crippen LogP) is 2.83. The van der Waals surface area contributed by atoms with Crippen molar-refractivity contribution in [2.75, 3.05) is 11.5 Å². The lowest BCUT2D eigenvalue weighted by atomic mass is 9.80. The molecule has 1 saturated carbocycles. The van der Waals surface area contributed by atoms with Crippen LogP contribution in [0.4, 0.5) is 11.4 Å². The van der Waals surface area contributed by atoms with Crippen LogP contribution in [-0.2, 0) is 4.74 Å². The second-order valence-corrected chi connectivity index (χ2v) is 5.64. The number of esters is 1. The molecule has 1 aliphatic rings. The van der Waals surface area contributed by atoms with Crippen LogP contribution in [0.2, 0.25) is 0 Å². The molecule has 0 aliphatic heterocycles. The van der Waals surface area contributed by atoms with E-state index in [9.17, 15) is 4.79 Å². The largest absolute Gasteiger partial charge is 0.459 e. The number of nitrogens with two attached hydrogens (primary N) is 2. The summed E-state index contributed by atoms with van der Waals surface area (Å²) >= 11 is 0. The van der Waals surface area contributed by atoms with Gasteiger partial charge in [0.05, 0.1) is 5.56 Å². The van der Waals surface area contributed by atoms with Crippen molar-refractivity contribution >= 4 is 17.3 Å². The molecule has 19 heavy (non-hydrogen) atoms. The van der Waals surface area contributed by atoms with E-state index in [1.165, 1.54) is 0 Å². The maximum absolute atomic E-state index is 12.1. The number of benzene rings is 1. The van der Waals surface area contributed by atoms with E-state index in [-0.39, 0.29) is 12.1 Å². The highest BCUT2D eigenvalue weighted by Gasteiger charge is 2.27. The quantitative estimate of drug-likeness (QED) is 0.634. The minimum absolute atomic E-state index is 0.00986. The lowest BCUT2D eigenvalue weighted by Gasteiger charge is -2.31. The van der Waals surface area contributed by atoms with Gasteiger partial charge < -0.3 is 16.2 Å². The van der Waals surface area contributed by atoms with E-state index < -0.39 is 0 Å². The Morgan fingerprint density at radius 1 is 1.21 bits per heavy atom. The molecule has 4 N–H and O–H groups in total. The maximum atomic E-state index is 12.1. The summed E-state index contributed by atoms with van der Waals surface area (Å²) in [5.41, 5.74) is 12.7. The van der Waals surface area contributed by atoms with Crippen LogP contribution in [0.5, 0.6) is 0 Å². The Hall–Kier alpha value is -1.71. The second-order valence-electron chi connectivity index (χ2n) is 5.64. The molecule has 4 nitrogen and oxygen atoms in total. The van der Waals surface area contributed by atoms with Gasteiger partial charge in [-0.15, -0.1) is 0 Å². The van der Waals surface area contributed by atoms with Crippen LogP contribution in [-0.4, -0.2) is 12.1 Å². The monoisotopic (exact) mass is 262 g/mol. The van der Waals surface area contributed by atoms with Crippen LogP contribution < -0.4 is 11.5 Å². The Morgan fingerprint density at radius 2 is 1.95 bits per heavy atom. The molecule has 0 bridgehead atoms. The van der Waals surface area contributed by atoms with Crippen molar-refractivity contribution < 1.29 is 9.53 Å². The number of hydrogen-bond donors (Lipinski definition) is 2. The fourth-order valence-electron chi connectivity index (χ4n) is 2.59. The van der Waals surface area contributed by atoms with Crippen LogP contribution in [0.1, 0.15) is 43.5 Å². The van der Waals surface area contributed by atoms with Crippen LogP contribution in [0.25, 0.3) is 0 Å². The van der Waals surface area contributed by atoms with Crippen LogP contribution in [0, 0.1) is 11.8 Å². The van der Waals surface area contributed by atoms with E-state index in [1.54, 1.807) is 18.2 Å². The van der Waals surface area contributed by atoms with E-state index in [4.69, 9.17) is 16.2 Å². The number of carbonyl (C=O) groups excluding carboxylic acids is 1. The van der Waals surface area contributed by atoms with E-state index in [0.29, 0.717) is 28.8 Å². The molecule has 1 aromatic rings. The highest BCUT2D eigenvalue weighted by molar-refractivity contribution is 5.95. The SMILES string of the molecule is CC1CCC(OC(=O)c2ccc(N)cc2N)CC1C. The molecule has 0 spiro atoms. The molecule has 0 radical (unpaired) electrons. The van der Waals surface area contributed by atoms with Crippen molar-refractivity contribution in [3.63, 3.8) is 0 Å². The second kappa shape index (κ2) is 5.51. The molecule has 3 unspecified atom stereocenters. The highest BCUT2D eigenvalue weighted by atomic mass is 16.5. The maximum Gasteiger partial charge on any atom is 0.340 e. The average molecular weight is 262 g/mol. The summed E-state index contributed by atoms with van der Waals surface area (Å²) in [6.45, 7) is 4.46. The van der Waals surface area contributed by atoms with E-state index in [1.807, 2.05) is 0 Å². The normalized spacial score (nSPS) is 26.9. The molecule has 0 heterocycles. The molecular formula is C15H22N2O2. The lowest BCUT2D eigenvalue weighted by Crippen LogP contribution is -2.29. The minimum atomic E-state index is -0.343. The van der Waals surface area contributed by atoms with Crippen molar-refractivity contribution in [1.82, 2.24) is 0 Å². The standard InChI is InChI=1S/C15H22N2O2/c1-9-3-5-12(7-10(9)2)19-15(18)13-6-4-11(16)8-14(13)17/h4,6,8-10,12H,3,5,7,16-17H2,1-2H3. The third-order valence-corrected chi connectivity index (χ3v) is 4.12. The summed E-state index contributed by atoms with van der Waals surface area (Å²) < 4.78 is 5.56. The molecule has 0 aromatic heterocycles. The van der Waals surface area contributed by atoms with Gasteiger partial charge in [-0.1, -0.05) is 13.8 Å². The van der Waals surface area contributed by atoms with Crippen molar-refractivity contribution in [1.29, 1.82) is 0 Å². The summed E-state index contributed by atoms with van der Waals surface area (Å²) in [7, 11) is 0. The molecule has 4 heteroatoms. The van der Waals surface area contributed by atoms with E-state index in [2.05, 4.69) is 13.8 Å². The molecular weight excluding hydrogens is 240 g/mol. The molecule has 1 aromatic carbocycles. The fourth-order valence-corrected chi connectivity index (χ4v) is 2.59. The Labute approximate surface area is 114 Å². The van der Waals surface area contributed by atoms with Gasteiger partial charge in [-0.05, 0) is 49.3 Å².